The molecule has 16 heavy (non-hydrogen) atoms. The molecule has 0 amide bonds. The van der Waals surface area contributed by atoms with Gasteiger partial charge in [0.25, 0.3) is 5.92 Å². The van der Waals surface area contributed by atoms with Crippen LogP contribution in [0.25, 0.3) is 0 Å². The molecule has 1 aromatic carbocycles. The SMILES string of the molecule is Cl.N[C@@H](c1cc(Cl)cc(Cl)c1)C(F)(F)CO. The van der Waals surface area contributed by atoms with Crippen LogP contribution >= 0.6 is 35.6 Å². The Bertz CT molecular complexity index is 342. The van der Waals surface area contributed by atoms with Gasteiger partial charge >= 0.3 is 0 Å². The Balaban J connectivity index is 0.00000225. The van der Waals surface area contributed by atoms with Crippen LogP contribution < -0.4 is 5.73 Å². The molecular weight excluding hydrogens is 282 g/mol. The minimum atomic E-state index is -3.39. The quantitative estimate of drug-likeness (QED) is 0.899. The van der Waals surface area contributed by atoms with Gasteiger partial charge in [0.1, 0.15) is 6.61 Å². The van der Waals surface area contributed by atoms with E-state index in [0.717, 1.165) is 0 Å². The van der Waals surface area contributed by atoms with Gasteiger partial charge in [0.05, 0.1) is 6.04 Å². The smallest absolute Gasteiger partial charge is 0.289 e. The Morgan fingerprint density at radius 1 is 1.25 bits per heavy atom. The predicted molar refractivity (Wildman–Crippen MR) is 62.7 cm³/mol. The maximum Gasteiger partial charge on any atom is 0.289 e. The summed E-state index contributed by atoms with van der Waals surface area (Å²) >= 11 is 11.3. The summed E-state index contributed by atoms with van der Waals surface area (Å²) in [6.07, 6.45) is 0. The molecule has 0 aliphatic rings. The molecule has 0 aromatic heterocycles. The van der Waals surface area contributed by atoms with Crippen LogP contribution in [-0.4, -0.2) is 17.6 Å². The summed E-state index contributed by atoms with van der Waals surface area (Å²) in [5.41, 5.74) is 5.38. The minimum Gasteiger partial charge on any atom is -0.390 e. The molecule has 0 spiro atoms. The van der Waals surface area contributed by atoms with Gasteiger partial charge in [0.2, 0.25) is 0 Å². The molecule has 0 bridgehead atoms. The van der Waals surface area contributed by atoms with Crippen LogP contribution in [0.4, 0.5) is 8.78 Å². The largest absolute Gasteiger partial charge is 0.390 e. The zero-order valence-corrected chi connectivity index (χ0v) is 10.3. The van der Waals surface area contributed by atoms with Crippen molar-refractivity contribution < 1.29 is 13.9 Å². The maximum atomic E-state index is 13.0. The molecule has 1 atom stereocenters. The Morgan fingerprint density at radius 3 is 2.06 bits per heavy atom. The monoisotopic (exact) mass is 291 g/mol. The molecule has 92 valence electrons. The number of benzene rings is 1. The fourth-order valence-electron chi connectivity index (χ4n) is 1.10. The van der Waals surface area contributed by atoms with E-state index in [-0.39, 0.29) is 28.0 Å². The number of hydrogen-bond acceptors (Lipinski definition) is 2. The summed E-state index contributed by atoms with van der Waals surface area (Å²) in [6.45, 7) is -1.32. The molecule has 2 nitrogen and oxygen atoms in total. The molecule has 0 saturated heterocycles. The molecular formula is C9H10Cl3F2NO. The van der Waals surface area contributed by atoms with Crippen molar-refractivity contribution in [1.82, 2.24) is 0 Å². The van der Waals surface area contributed by atoms with Crippen molar-refractivity contribution >= 4 is 35.6 Å². The Kier molecular flexibility index (Phi) is 5.93. The van der Waals surface area contributed by atoms with Crippen LogP contribution in [0.1, 0.15) is 11.6 Å². The van der Waals surface area contributed by atoms with E-state index in [4.69, 9.17) is 34.0 Å². The van der Waals surface area contributed by atoms with E-state index in [1.165, 1.54) is 18.2 Å². The molecule has 0 unspecified atom stereocenters. The number of halogens is 5. The molecule has 1 aromatic rings. The number of aliphatic hydroxyl groups excluding tert-OH is 1. The van der Waals surface area contributed by atoms with Crippen LogP contribution in [0.15, 0.2) is 18.2 Å². The van der Waals surface area contributed by atoms with Gasteiger partial charge in [-0.05, 0) is 23.8 Å². The normalized spacial score (nSPS) is 13.1. The lowest BCUT2D eigenvalue weighted by molar-refractivity contribution is -0.0711. The molecule has 7 heteroatoms. The summed E-state index contributed by atoms with van der Waals surface area (Å²) in [7, 11) is 0. The van der Waals surface area contributed by atoms with Crippen molar-refractivity contribution in [3.63, 3.8) is 0 Å². The zero-order valence-electron chi connectivity index (χ0n) is 7.96. The van der Waals surface area contributed by atoms with Crippen molar-refractivity contribution in [2.75, 3.05) is 6.61 Å². The fourth-order valence-corrected chi connectivity index (χ4v) is 1.64. The molecule has 3 N–H and O–H groups in total. The van der Waals surface area contributed by atoms with Crippen LogP contribution in [0.3, 0.4) is 0 Å². The molecule has 0 aliphatic carbocycles. The van der Waals surface area contributed by atoms with E-state index in [1.54, 1.807) is 0 Å². The third-order valence-electron chi connectivity index (χ3n) is 1.91. The van der Waals surface area contributed by atoms with Gasteiger partial charge in [0, 0.05) is 10.0 Å². The molecule has 0 radical (unpaired) electrons. The summed E-state index contributed by atoms with van der Waals surface area (Å²) < 4.78 is 26.1. The van der Waals surface area contributed by atoms with Crippen LogP contribution in [0, 0.1) is 0 Å². The van der Waals surface area contributed by atoms with Crippen LogP contribution in [-0.2, 0) is 0 Å². The van der Waals surface area contributed by atoms with Gasteiger partial charge in [0.15, 0.2) is 0 Å². The Labute approximate surface area is 108 Å². The van der Waals surface area contributed by atoms with Crippen molar-refractivity contribution in [3.05, 3.63) is 33.8 Å². The highest BCUT2D eigenvalue weighted by Gasteiger charge is 2.37. The highest BCUT2D eigenvalue weighted by Crippen LogP contribution is 2.31. The number of nitrogens with two attached hydrogens (primary N) is 1. The molecule has 0 fully saturated rings. The summed E-state index contributed by atoms with van der Waals surface area (Å²) in [5.74, 6) is -3.39. The topological polar surface area (TPSA) is 46.2 Å². The molecule has 1 rings (SSSR count). The second-order valence-electron chi connectivity index (χ2n) is 3.10. The third kappa shape index (κ3) is 3.71. The van der Waals surface area contributed by atoms with E-state index in [2.05, 4.69) is 0 Å². The van der Waals surface area contributed by atoms with Crippen molar-refractivity contribution in [2.45, 2.75) is 12.0 Å². The predicted octanol–water partition coefficient (Wildman–Crippen LogP) is 3.04. The second-order valence-corrected chi connectivity index (χ2v) is 3.97. The summed E-state index contributed by atoms with van der Waals surface area (Å²) in [4.78, 5) is 0. The molecule has 0 aliphatic heterocycles. The highest BCUT2D eigenvalue weighted by molar-refractivity contribution is 6.34. The first-order valence-electron chi connectivity index (χ1n) is 4.07. The molecule has 0 saturated carbocycles. The number of alkyl halides is 2. The minimum absolute atomic E-state index is 0. The van der Waals surface area contributed by atoms with Gasteiger partial charge in [-0.15, -0.1) is 12.4 Å². The van der Waals surface area contributed by atoms with Crippen molar-refractivity contribution in [3.8, 4) is 0 Å². The summed E-state index contributed by atoms with van der Waals surface area (Å²) in [6, 6.07) is 2.37. The van der Waals surface area contributed by atoms with Gasteiger partial charge in [-0.3, -0.25) is 0 Å². The highest BCUT2D eigenvalue weighted by atomic mass is 35.5. The second kappa shape index (κ2) is 5.98. The van der Waals surface area contributed by atoms with E-state index in [9.17, 15) is 8.78 Å². The maximum absolute atomic E-state index is 13.0. The number of aliphatic hydroxyl groups is 1. The van der Waals surface area contributed by atoms with Crippen molar-refractivity contribution in [2.24, 2.45) is 5.73 Å². The number of rotatable bonds is 3. The van der Waals surface area contributed by atoms with E-state index in [0.29, 0.717) is 0 Å². The van der Waals surface area contributed by atoms with E-state index < -0.39 is 18.6 Å². The molecule has 0 heterocycles. The fraction of sp³-hybridized carbons (Fsp3) is 0.333. The lowest BCUT2D eigenvalue weighted by atomic mass is 10.0. The number of hydrogen-bond donors (Lipinski definition) is 2. The third-order valence-corrected chi connectivity index (χ3v) is 2.35. The Hall–Kier alpha value is -0.130. The average Bonchev–Trinajstić information content (AvgIpc) is 2.15. The zero-order chi connectivity index (χ0) is 11.6. The van der Waals surface area contributed by atoms with E-state index >= 15 is 0 Å². The van der Waals surface area contributed by atoms with E-state index in [1.807, 2.05) is 0 Å². The first kappa shape index (κ1) is 15.9. The van der Waals surface area contributed by atoms with Crippen LogP contribution in [0.5, 0.6) is 0 Å². The van der Waals surface area contributed by atoms with Crippen LogP contribution in [0.2, 0.25) is 10.0 Å². The average molecular weight is 293 g/mol. The van der Waals surface area contributed by atoms with Crippen molar-refractivity contribution in [1.29, 1.82) is 0 Å². The Morgan fingerprint density at radius 2 is 1.69 bits per heavy atom. The van der Waals surface area contributed by atoms with Gasteiger partial charge in [-0.2, -0.15) is 0 Å². The standard InChI is InChI=1S/C9H9Cl2F2NO.ClH/c10-6-1-5(2-7(11)3-6)8(14)9(12,13)4-15;/h1-3,8,15H,4,14H2;1H/t8-;/m0./s1. The lowest BCUT2D eigenvalue weighted by Crippen LogP contribution is -2.36. The first-order chi connectivity index (χ1) is 6.86. The van der Waals surface area contributed by atoms with Gasteiger partial charge < -0.3 is 10.8 Å². The first-order valence-corrected chi connectivity index (χ1v) is 4.82. The van der Waals surface area contributed by atoms with Gasteiger partial charge in [-0.25, -0.2) is 8.78 Å². The summed E-state index contributed by atoms with van der Waals surface area (Å²) in [5, 5.41) is 8.92. The van der Waals surface area contributed by atoms with Gasteiger partial charge in [-0.1, -0.05) is 23.2 Å². The lowest BCUT2D eigenvalue weighted by Gasteiger charge is -2.21.